The molecule has 1 saturated heterocycles. The molecule has 1 nitrogen and oxygen atoms in total. The number of fused-ring (bicyclic) bond motifs is 1. The van der Waals surface area contributed by atoms with Crippen LogP contribution in [0.3, 0.4) is 0 Å². The predicted octanol–water partition coefficient (Wildman–Crippen LogP) is 7.87. The molecule has 1 heterocycles. The Morgan fingerprint density at radius 1 is 0.861 bits per heavy atom. The highest BCUT2D eigenvalue weighted by Gasteiger charge is 2.27. The lowest BCUT2D eigenvalue weighted by Gasteiger charge is -2.39. The lowest BCUT2D eigenvalue weighted by atomic mass is 9.85. The van der Waals surface area contributed by atoms with Gasteiger partial charge in [0.25, 0.3) is 0 Å². The fourth-order valence-corrected chi connectivity index (χ4v) is 5.85. The van der Waals surface area contributed by atoms with Crippen LogP contribution in [0, 0.1) is 25.6 Å². The molecule has 0 saturated carbocycles. The molecule has 0 bridgehead atoms. The van der Waals surface area contributed by atoms with Crippen LogP contribution in [0.2, 0.25) is 0 Å². The van der Waals surface area contributed by atoms with Crippen LogP contribution >= 0.6 is 0 Å². The zero-order valence-corrected chi connectivity index (χ0v) is 21.2. The Morgan fingerprint density at radius 3 is 2.36 bits per heavy atom. The molecule has 0 unspecified atom stereocenters. The summed E-state index contributed by atoms with van der Waals surface area (Å²) in [6.07, 6.45) is 1.77. The second kappa shape index (κ2) is 10.6. The van der Waals surface area contributed by atoms with Crippen LogP contribution in [0.1, 0.15) is 58.2 Å². The Labute approximate surface area is 212 Å². The number of hydrogen-bond acceptors (Lipinski definition) is 1. The molecular weight excluding hydrogens is 455 g/mol. The number of aryl methyl sites for hydroxylation is 1. The van der Waals surface area contributed by atoms with Gasteiger partial charge in [0.1, 0.15) is 5.82 Å². The van der Waals surface area contributed by atoms with Crippen molar-refractivity contribution in [2.75, 3.05) is 19.6 Å². The number of rotatable bonds is 7. The van der Waals surface area contributed by atoms with Gasteiger partial charge in [-0.1, -0.05) is 54.6 Å². The smallest absolute Gasteiger partial charge is 0.239 e. The first-order chi connectivity index (χ1) is 17.4. The van der Waals surface area contributed by atoms with Crippen molar-refractivity contribution in [3.63, 3.8) is 0 Å². The van der Waals surface area contributed by atoms with Crippen molar-refractivity contribution in [1.82, 2.24) is 4.90 Å². The number of hydrogen-bond donors (Lipinski definition) is 0. The van der Waals surface area contributed by atoms with Crippen molar-refractivity contribution in [3.05, 3.63) is 105 Å². The third-order valence-electron chi connectivity index (χ3n) is 7.97. The minimum Gasteiger partial charge on any atom is -0.302 e. The van der Waals surface area contributed by atoms with Gasteiger partial charge in [-0.05, 0) is 102 Å². The summed E-state index contributed by atoms with van der Waals surface area (Å²) in [6.45, 7) is 6.19. The zero-order chi connectivity index (χ0) is 25.2. The molecule has 1 aliphatic heterocycles. The summed E-state index contributed by atoms with van der Waals surface area (Å²) >= 11 is 0. The molecule has 4 heteroatoms. The van der Waals surface area contributed by atoms with Crippen LogP contribution in [0.15, 0.2) is 60.7 Å². The van der Waals surface area contributed by atoms with E-state index in [0.717, 1.165) is 55.5 Å². The molecule has 36 heavy (non-hydrogen) atoms. The lowest BCUT2D eigenvalue weighted by Crippen LogP contribution is -2.48. The Kier molecular flexibility index (Phi) is 7.34. The van der Waals surface area contributed by atoms with Gasteiger partial charge < -0.3 is 4.90 Å². The second-order valence-corrected chi connectivity index (χ2v) is 10.4. The Hall–Kier alpha value is -2.85. The number of alkyl halides is 2. The van der Waals surface area contributed by atoms with Crippen LogP contribution in [-0.2, 0) is 12.8 Å². The minimum atomic E-state index is -2.22. The van der Waals surface area contributed by atoms with Gasteiger partial charge in [-0.2, -0.15) is 0 Å². The van der Waals surface area contributed by atoms with Crippen molar-refractivity contribution >= 4 is 11.1 Å². The van der Waals surface area contributed by atoms with Crippen LogP contribution in [0.4, 0.5) is 13.2 Å². The Morgan fingerprint density at radius 2 is 1.61 bits per heavy atom. The van der Waals surface area contributed by atoms with E-state index in [9.17, 15) is 13.2 Å². The SMILES string of the molecule is Cc1c(F)ccc(C2=C(c3ccc(CC4CN(CCC(F)F)C4)cc3)c3ccccc3CCC2)c1C. The van der Waals surface area contributed by atoms with Crippen LogP contribution in [0.25, 0.3) is 11.1 Å². The quantitative estimate of drug-likeness (QED) is 0.326. The lowest BCUT2D eigenvalue weighted by molar-refractivity contribution is 0.0626. The van der Waals surface area contributed by atoms with Crippen LogP contribution < -0.4 is 0 Å². The van der Waals surface area contributed by atoms with E-state index < -0.39 is 6.43 Å². The summed E-state index contributed by atoms with van der Waals surface area (Å²) in [5.41, 5.74) is 10.5. The van der Waals surface area contributed by atoms with E-state index in [4.69, 9.17) is 0 Å². The van der Waals surface area contributed by atoms with Crippen molar-refractivity contribution in [2.45, 2.75) is 52.4 Å². The molecule has 5 rings (SSSR count). The van der Waals surface area contributed by atoms with E-state index in [1.54, 1.807) is 6.07 Å². The first-order valence-corrected chi connectivity index (χ1v) is 13.1. The fraction of sp³-hybridized carbons (Fsp3) is 0.375. The molecule has 188 valence electrons. The standard InChI is InChI=1S/C32H34F3N/c1-21-22(2)30(33)15-14-27(21)29-9-5-7-25-6-3-4-8-28(25)32(29)26-12-10-23(11-13-26)18-24-19-36(20-24)17-16-31(34)35/h3-4,6,8,10-15,24,31H,5,7,9,16-20H2,1-2H3. The van der Waals surface area contributed by atoms with Gasteiger partial charge in [0.15, 0.2) is 0 Å². The van der Waals surface area contributed by atoms with E-state index in [1.807, 2.05) is 19.9 Å². The summed E-state index contributed by atoms with van der Waals surface area (Å²) in [6, 6.07) is 21.1. The molecule has 0 atom stereocenters. The molecule has 0 radical (unpaired) electrons. The average molecular weight is 490 g/mol. The highest BCUT2D eigenvalue weighted by atomic mass is 19.3. The number of allylic oxidation sites excluding steroid dienone is 1. The third kappa shape index (κ3) is 5.15. The summed E-state index contributed by atoms with van der Waals surface area (Å²) in [7, 11) is 0. The van der Waals surface area contributed by atoms with E-state index >= 15 is 0 Å². The van der Waals surface area contributed by atoms with Gasteiger partial charge in [0, 0.05) is 26.1 Å². The van der Waals surface area contributed by atoms with E-state index in [0.29, 0.717) is 12.5 Å². The maximum Gasteiger partial charge on any atom is 0.239 e. The largest absolute Gasteiger partial charge is 0.302 e. The third-order valence-corrected chi connectivity index (χ3v) is 7.97. The minimum absolute atomic E-state index is 0.0343. The highest BCUT2D eigenvalue weighted by molar-refractivity contribution is 6.00. The summed E-state index contributed by atoms with van der Waals surface area (Å²) in [4.78, 5) is 2.12. The monoisotopic (exact) mass is 489 g/mol. The Bertz CT molecular complexity index is 1250. The molecule has 0 aromatic heterocycles. The molecule has 1 fully saturated rings. The number of benzene rings is 3. The van der Waals surface area contributed by atoms with Gasteiger partial charge in [-0.25, -0.2) is 13.2 Å². The predicted molar refractivity (Wildman–Crippen MR) is 142 cm³/mol. The normalized spacial score (nSPS) is 16.7. The van der Waals surface area contributed by atoms with Gasteiger partial charge in [0.2, 0.25) is 6.43 Å². The first-order valence-electron chi connectivity index (χ1n) is 13.1. The molecule has 1 aliphatic carbocycles. The van der Waals surface area contributed by atoms with Gasteiger partial charge in [-0.3, -0.25) is 0 Å². The van der Waals surface area contributed by atoms with Gasteiger partial charge in [-0.15, -0.1) is 0 Å². The highest BCUT2D eigenvalue weighted by Crippen LogP contribution is 2.41. The Balaban J connectivity index is 1.45. The van der Waals surface area contributed by atoms with Crippen LogP contribution in [-0.4, -0.2) is 31.0 Å². The van der Waals surface area contributed by atoms with Crippen molar-refractivity contribution in [1.29, 1.82) is 0 Å². The van der Waals surface area contributed by atoms with Crippen molar-refractivity contribution < 1.29 is 13.2 Å². The average Bonchev–Trinajstić information content (AvgIpc) is 3.04. The number of nitrogens with zero attached hydrogens (tertiary/aromatic N) is 1. The fourth-order valence-electron chi connectivity index (χ4n) is 5.85. The molecule has 0 spiro atoms. The topological polar surface area (TPSA) is 3.24 Å². The van der Waals surface area contributed by atoms with Crippen molar-refractivity contribution in [3.8, 4) is 0 Å². The van der Waals surface area contributed by atoms with Gasteiger partial charge >= 0.3 is 0 Å². The molecule has 0 N–H and O–H groups in total. The van der Waals surface area contributed by atoms with Crippen molar-refractivity contribution in [2.24, 2.45) is 5.92 Å². The van der Waals surface area contributed by atoms with E-state index in [1.165, 1.54) is 33.4 Å². The molecule has 0 amide bonds. The molecule has 2 aliphatic rings. The molecule has 3 aromatic rings. The maximum atomic E-state index is 14.3. The van der Waals surface area contributed by atoms with Crippen LogP contribution in [0.5, 0.6) is 0 Å². The number of likely N-dealkylation sites (tertiary alicyclic amines) is 1. The summed E-state index contributed by atoms with van der Waals surface area (Å²) < 4.78 is 39.2. The number of halogens is 3. The first kappa shape index (κ1) is 24.8. The zero-order valence-electron chi connectivity index (χ0n) is 21.2. The van der Waals surface area contributed by atoms with Gasteiger partial charge in [0.05, 0.1) is 0 Å². The summed E-state index contributed by atoms with van der Waals surface area (Å²) in [5, 5.41) is 0. The maximum absolute atomic E-state index is 14.3. The second-order valence-electron chi connectivity index (χ2n) is 10.4. The molecular formula is C32H34F3N. The summed E-state index contributed by atoms with van der Waals surface area (Å²) in [5.74, 6) is 0.382. The van der Waals surface area contributed by atoms with E-state index in [-0.39, 0.29) is 12.2 Å². The van der Waals surface area contributed by atoms with E-state index in [2.05, 4.69) is 53.4 Å². The molecule has 3 aromatic carbocycles.